The summed E-state index contributed by atoms with van der Waals surface area (Å²) in [5.41, 5.74) is 0. The quantitative estimate of drug-likeness (QED) is 0.0851. The fraction of sp³-hybridized carbons (Fsp3) is 1.00. The van der Waals surface area contributed by atoms with Gasteiger partial charge in [-0.3, -0.25) is 4.18 Å². The van der Waals surface area contributed by atoms with Gasteiger partial charge in [-0.1, -0.05) is 142 Å². The molecule has 0 unspecified atom stereocenters. The fourth-order valence-electron chi connectivity index (χ4n) is 3.87. The van der Waals surface area contributed by atoms with E-state index in [0.29, 0.717) is 6.42 Å². The number of hydrogen-bond donors (Lipinski definition) is 0. The van der Waals surface area contributed by atoms with Crippen LogP contribution in [-0.2, 0) is 14.6 Å². The molecule has 0 N–H and O–H groups in total. The molecule has 30 heavy (non-hydrogen) atoms. The van der Waals surface area contributed by atoms with Gasteiger partial charge in [0.15, 0.2) is 0 Å². The molecule has 0 amide bonds. The van der Waals surface area contributed by atoms with Crippen molar-refractivity contribution in [3.63, 3.8) is 0 Å². The molecule has 0 radical (unpaired) electrons. The molecule has 0 fully saturated rings. The van der Waals surface area contributed by atoms with Crippen LogP contribution >= 0.6 is 0 Å². The molecular weight excluding hydrogens is 423 g/mol. The summed E-state index contributed by atoms with van der Waals surface area (Å²) in [6.45, 7) is 2.31. The molecule has 0 saturated carbocycles. The fourth-order valence-corrected chi connectivity index (χ4v) is 4.19. The Morgan fingerprint density at radius 2 is 0.733 bits per heavy atom. The van der Waals surface area contributed by atoms with Crippen LogP contribution in [0.1, 0.15) is 148 Å². The first-order valence-electron chi connectivity index (χ1n) is 12.7. The van der Waals surface area contributed by atoms with Crippen LogP contribution < -0.4 is 51.4 Å². The van der Waals surface area contributed by atoms with Crippen LogP contribution in [-0.4, -0.2) is 19.6 Å². The van der Waals surface area contributed by atoms with Crippen molar-refractivity contribution in [1.82, 2.24) is 0 Å². The maximum Gasteiger partial charge on any atom is 1.00 e. The summed E-state index contributed by atoms with van der Waals surface area (Å²) in [6, 6.07) is 0. The van der Waals surface area contributed by atoms with Crippen molar-refractivity contribution in [3.05, 3.63) is 0 Å². The molecule has 0 aromatic rings. The van der Waals surface area contributed by atoms with Gasteiger partial charge >= 0.3 is 51.4 Å². The van der Waals surface area contributed by atoms with Gasteiger partial charge in [-0.2, -0.15) is 0 Å². The molecule has 0 aromatic heterocycles. The molecule has 0 rings (SSSR count). The second-order valence-electron chi connectivity index (χ2n) is 8.65. The van der Waals surface area contributed by atoms with Crippen LogP contribution in [0, 0.1) is 0 Å². The third-order valence-corrected chi connectivity index (χ3v) is 6.18. The predicted molar refractivity (Wildman–Crippen MR) is 123 cm³/mol. The molecule has 6 heteroatoms. The van der Waals surface area contributed by atoms with Crippen molar-refractivity contribution < 1.29 is 68.5 Å². The van der Waals surface area contributed by atoms with Crippen molar-refractivity contribution in [1.29, 1.82) is 0 Å². The Hall–Kier alpha value is 1.51. The summed E-state index contributed by atoms with van der Waals surface area (Å²) in [6.07, 6.45) is 29.1. The standard InChI is InChI=1S/C24H50O4S.K/c1-2-3-4-5-6-7-8-9-10-11-12-13-14-15-16-17-18-19-20-21-22-23-24-28-29(25,26)27;/h2-24H2,1H3,(H,25,26,27);/q;+1/p-1. The zero-order valence-corrected chi connectivity index (χ0v) is 24.2. The summed E-state index contributed by atoms with van der Waals surface area (Å²) in [4.78, 5) is 0. The Bertz CT molecular complexity index is 415. The molecule has 0 aliphatic rings. The summed E-state index contributed by atoms with van der Waals surface area (Å²) in [7, 11) is -4.50. The first-order chi connectivity index (χ1) is 14.1. The third kappa shape index (κ3) is 31.7. The normalized spacial score (nSPS) is 11.5. The van der Waals surface area contributed by atoms with E-state index in [4.69, 9.17) is 0 Å². The van der Waals surface area contributed by atoms with E-state index in [0.717, 1.165) is 12.8 Å². The van der Waals surface area contributed by atoms with Crippen molar-refractivity contribution >= 4 is 10.4 Å². The van der Waals surface area contributed by atoms with E-state index in [1.165, 1.54) is 122 Å². The maximum absolute atomic E-state index is 10.3. The molecular formula is C24H49KO4S. The van der Waals surface area contributed by atoms with Gasteiger partial charge in [-0.25, -0.2) is 8.42 Å². The second kappa shape index (κ2) is 26.8. The molecule has 0 aromatic carbocycles. The van der Waals surface area contributed by atoms with E-state index >= 15 is 0 Å². The Morgan fingerprint density at radius 1 is 0.500 bits per heavy atom. The molecule has 0 bridgehead atoms. The Balaban J connectivity index is 0. The first-order valence-corrected chi connectivity index (χ1v) is 14.0. The van der Waals surface area contributed by atoms with Crippen molar-refractivity contribution in [2.45, 2.75) is 148 Å². The maximum atomic E-state index is 10.3. The van der Waals surface area contributed by atoms with Gasteiger partial charge in [0.05, 0.1) is 6.61 Å². The van der Waals surface area contributed by atoms with Crippen molar-refractivity contribution in [3.8, 4) is 0 Å². The summed E-state index contributed by atoms with van der Waals surface area (Å²) in [5, 5.41) is 0. The van der Waals surface area contributed by atoms with Gasteiger partial charge in [0.1, 0.15) is 0 Å². The summed E-state index contributed by atoms with van der Waals surface area (Å²) >= 11 is 0. The molecule has 0 aliphatic carbocycles. The van der Waals surface area contributed by atoms with Gasteiger partial charge in [0.2, 0.25) is 10.4 Å². The van der Waals surface area contributed by atoms with Crippen LogP contribution in [0.4, 0.5) is 0 Å². The summed E-state index contributed by atoms with van der Waals surface area (Å²) < 4.78 is 35.0. The Kier molecular flexibility index (Phi) is 30.0. The van der Waals surface area contributed by atoms with E-state index in [1.54, 1.807) is 0 Å². The SMILES string of the molecule is CCCCCCCCCCCCCCCCCCCCCCCCOS(=O)(=O)[O-].[K+]. The monoisotopic (exact) mass is 472 g/mol. The summed E-state index contributed by atoms with van der Waals surface area (Å²) in [5.74, 6) is 0. The van der Waals surface area contributed by atoms with Gasteiger partial charge in [0.25, 0.3) is 0 Å². The van der Waals surface area contributed by atoms with Crippen LogP contribution in [0.3, 0.4) is 0 Å². The molecule has 176 valence electrons. The van der Waals surface area contributed by atoms with Gasteiger partial charge in [-0.05, 0) is 6.42 Å². The minimum absolute atomic E-state index is 0. The van der Waals surface area contributed by atoms with Crippen molar-refractivity contribution in [2.24, 2.45) is 0 Å². The van der Waals surface area contributed by atoms with Gasteiger partial charge in [-0.15, -0.1) is 0 Å². The number of rotatable bonds is 24. The Labute approximate surface area is 231 Å². The minimum Gasteiger partial charge on any atom is -0.726 e. The topological polar surface area (TPSA) is 66.4 Å². The second-order valence-corrected chi connectivity index (χ2v) is 9.71. The van der Waals surface area contributed by atoms with Crippen molar-refractivity contribution in [2.75, 3.05) is 6.61 Å². The van der Waals surface area contributed by atoms with E-state index in [2.05, 4.69) is 11.1 Å². The molecule has 0 atom stereocenters. The molecule has 0 aliphatic heterocycles. The number of unbranched alkanes of at least 4 members (excludes halogenated alkanes) is 21. The zero-order chi connectivity index (χ0) is 21.5. The average Bonchev–Trinajstić information content (AvgIpc) is 2.67. The molecule has 0 heterocycles. The molecule has 0 spiro atoms. The van der Waals surface area contributed by atoms with E-state index in [-0.39, 0.29) is 58.0 Å². The minimum atomic E-state index is -4.50. The molecule has 0 saturated heterocycles. The van der Waals surface area contributed by atoms with Crippen LogP contribution in [0.2, 0.25) is 0 Å². The third-order valence-electron chi connectivity index (χ3n) is 5.73. The van der Waals surface area contributed by atoms with E-state index < -0.39 is 10.4 Å². The Morgan fingerprint density at radius 3 is 0.967 bits per heavy atom. The van der Waals surface area contributed by atoms with E-state index in [9.17, 15) is 13.0 Å². The molecule has 4 nitrogen and oxygen atoms in total. The van der Waals surface area contributed by atoms with Crippen LogP contribution in [0.5, 0.6) is 0 Å². The zero-order valence-electron chi connectivity index (χ0n) is 20.3. The first kappa shape index (κ1) is 33.7. The smallest absolute Gasteiger partial charge is 0.726 e. The average molecular weight is 473 g/mol. The van der Waals surface area contributed by atoms with Crippen LogP contribution in [0.15, 0.2) is 0 Å². The van der Waals surface area contributed by atoms with Crippen LogP contribution in [0.25, 0.3) is 0 Å². The predicted octanol–water partition coefficient (Wildman–Crippen LogP) is 5.07. The van der Waals surface area contributed by atoms with E-state index in [1.807, 2.05) is 0 Å². The number of hydrogen-bond acceptors (Lipinski definition) is 4. The van der Waals surface area contributed by atoms with Gasteiger partial charge in [0, 0.05) is 0 Å². The largest absolute Gasteiger partial charge is 1.00 e. The van der Waals surface area contributed by atoms with Gasteiger partial charge < -0.3 is 4.55 Å².